The second-order valence-corrected chi connectivity index (χ2v) is 7.66. The maximum absolute atomic E-state index is 12.7. The molecule has 1 aliphatic rings. The second kappa shape index (κ2) is 6.90. The minimum Gasteiger partial charge on any atom is -0.456 e. The maximum atomic E-state index is 12.7. The van der Waals surface area contributed by atoms with Gasteiger partial charge in [0.2, 0.25) is 0 Å². The van der Waals surface area contributed by atoms with E-state index in [9.17, 15) is 4.79 Å². The van der Waals surface area contributed by atoms with E-state index in [1.54, 1.807) is 16.8 Å². The average molecular weight is 367 g/mol. The summed E-state index contributed by atoms with van der Waals surface area (Å²) in [7, 11) is 2.05. The molecule has 0 aliphatic carbocycles. The van der Waals surface area contributed by atoms with Gasteiger partial charge in [0.1, 0.15) is 5.60 Å². The van der Waals surface area contributed by atoms with Crippen molar-refractivity contribution in [2.24, 2.45) is 0 Å². The van der Waals surface area contributed by atoms with E-state index < -0.39 is 11.6 Å². The first-order chi connectivity index (χ1) is 11.7. The average Bonchev–Trinajstić information content (AvgIpc) is 2.88. The highest BCUT2D eigenvalue weighted by Crippen LogP contribution is 2.21. The normalized spacial score (nSPS) is 19.3. The van der Waals surface area contributed by atoms with Crippen molar-refractivity contribution in [3.8, 4) is 0 Å². The number of esters is 1. The molecular formula is C17H23ClN4O3. The van der Waals surface area contributed by atoms with Crippen LogP contribution in [-0.2, 0) is 15.9 Å². The summed E-state index contributed by atoms with van der Waals surface area (Å²) >= 11 is 6.04. The van der Waals surface area contributed by atoms with Gasteiger partial charge in [-0.3, -0.25) is 4.90 Å². The Morgan fingerprint density at radius 3 is 2.92 bits per heavy atom. The van der Waals surface area contributed by atoms with Crippen LogP contribution in [0.1, 0.15) is 36.8 Å². The maximum Gasteiger partial charge on any atom is 0.342 e. The van der Waals surface area contributed by atoms with Gasteiger partial charge in [0.15, 0.2) is 10.8 Å². The van der Waals surface area contributed by atoms with Crippen LogP contribution in [-0.4, -0.2) is 63.9 Å². The lowest BCUT2D eigenvalue weighted by Crippen LogP contribution is -2.44. The van der Waals surface area contributed by atoms with Crippen LogP contribution in [0.5, 0.6) is 0 Å². The molecule has 0 bridgehead atoms. The molecule has 7 nitrogen and oxygen atoms in total. The van der Waals surface area contributed by atoms with Crippen molar-refractivity contribution >= 4 is 23.2 Å². The van der Waals surface area contributed by atoms with Gasteiger partial charge in [0.25, 0.3) is 0 Å². The van der Waals surface area contributed by atoms with E-state index in [-0.39, 0.29) is 6.04 Å². The molecule has 1 saturated heterocycles. The fraction of sp³-hybridized carbons (Fsp3) is 0.588. The molecular weight excluding hydrogens is 344 g/mol. The van der Waals surface area contributed by atoms with Crippen molar-refractivity contribution in [3.05, 3.63) is 28.7 Å². The lowest BCUT2D eigenvalue weighted by atomic mass is 10.1. The molecule has 0 spiro atoms. The van der Waals surface area contributed by atoms with Crippen molar-refractivity contribution in [2.45, 2.75) is 38.8 Å². The number of aromatic nitrogens is 3. The summed E-state index contributed by atoms with van der Waals surface area (Å²) in [6, 6.07) is 1.81. The predicted octanol–water partition coefficient (Wildman–Crippen LogP) is 2.21. The van der Waals surface area contributed by atoms with Crippen LogP contribution in [0.2, 0.25) is 5.15 Å². The van der Waals surface area contributed by atoms with Crippen molar-refractivity contribution in [1.82, 2.24) is 19.5 Å². The van der Waals surface area contributed by atoms with Crippen LogP contribution in [0.4, 0.5) is 0 Å². The molecule has 2 aromatic heterocycles. The van der Waals surface area contributed by atoms with Crippen molar-refractivity contribution in [1.29, 1.82) is 0 Å². The van der Waals surface area contributed by atoms with Gasteiger partial charge in [-0.25, -0.2) is 14.3 Å². The zero-order chi connectivity index (χ0) is 18.2. The van der Waals surface area contributed by atoms with Gasteiger partial charge in [0, 0.05) is 31.3 Å². The molecule has 136 valence electrons. The molecule has 25 heavy (non-hydrogen) atoms. The van der Waals surface area contributed by atoms with Crippen molar-refractivity contribution in [2.75, 3.05) is 26.8 Å². The van der Waals surface area contributed by atoms with E-state index in [4.69, 9.17) is 21.1 Å². The van der Waals surface area contributed by atoms with E-state index in [1.165, 1.54) is 0 Å². The van der Waals surface area contributed by atoms with E-state index in [2.05, 4.69) is 22.0 Å². The summed E-state index contributed by atoms with van der Waals surface area (Å²) < 4.78 is 12.8. The Bertz CT molecular complexity index is 784. The standard InChI is InChI=1S/C17H23ClN4O3/c1-17(2,3)25-16(23)12-9-19-15-8-14(18)20-22(15)13(12)7-11-10-24-6-5-21(11)4/h8-9,11H,5-7,10H2,1-4H3. The predicted molar refractivity (Wildman–Crippen MR) is 94.1 cm³/mol. The van der Waals surface area contributed by atoms with Gasteiger partial charge < -0.3 is 9.47 Å². The lowest BCUT2D eigenvalue weighted by molar-refractivity contribution is 0.00308. The Hall–Kier alpha value is -1.70. The van der Waals surface area contributed by atoms with Crippen LogP contribution in [0.15, 0.2) is 12.3 Å². The van der Waals surface area contributed by atoms with E-state index in [0.29, 0.717) is 36.0 Å². The quantitative estimate of drug-likeness (QED) is 0.776. The Kier molecular flexibility index (Phi) is 4.99. The number of fused-ring (bicyclic) bond motifs is 1. The number of morpholine rings is 1. The van der Waals surface area contributed by atoms with E-state index in [1.807, 2.05) is 20.8 Å². The van der Waals surface area contributed by atoms with Gasteiger partial charge in [0.05, 0.1) is 24.5 Å². The molecule has 0 aromatic carbocycles. The first kappa shape index (κ1) is 18.1. The van der Waals surface area contributed by atoms with Crippen molar-refractivity contribution in [3.63, 3.8) is 0 Å². The van der Waals surface area contributed by atoms with Crippen molar-refractivity contribution < 1.29 is 14.3 Å². The third-order valence-corrected chi connectivity index (χ3v) is 4.31. The number of hydrogen-bond donors (Lipinski definition) is 0. The molecule has 1 aliphatic heterocycles. The Morgan fingerprint density at radius 2 is 2.24 bits per heavy atom. The van der Waals surface area contributed by atoms with Gasteiger partial charge in [-0.15, -0.1) is 0 Å². The smallest absolute Gasteiger partial charge is 0.342 e. The Balaban J connectivity index is 2.02. The summed E-state index contributed by atoms with van der Waals surface area (Å²) in [5.41, 5.74) is 1.15. The molecule has 0 radical (unpaired) electrons. The van der Waals surface area contributed by atoms with Crippen LogP contribution >= 0.6 is 11.6 Å². The number of likely N-dealkylation sites (N-methyl/N-ethyl adjacent to an activating group) is 1. The van der Waals surface area contributed by atoms with Crippen LogP contribution in [0.3, 0.4) is 0 Å². The Morgan fingerprint density at radius 1 is 1.48 bits per heavy atom. The van der Waals surface area contributed by atoms with Gasteiger partial charge in [-0.1, -0.05) is 11.6 Å². The molecule has 2 aromatic rings. The zero-order valence-electron chi connectivity index (χ0n) is 15.0. The molecule has 0 N–H and O–H groups in total. The number of nitrogens with zero attached hydrogens (tertiary/aromatic N) is 4. The Labute approximate surface area is 151 Å². The highest BCUT2D eigenvalue weighted by Gasteiger charge is 2.27. The molecule has 3 rings (SSSR count). The highest BCUT2D eigenvalue weighted by atomic mass is 35.5. The van der Waals surface area contributed by atoms with Crippen LogP contribution < -0.4 is 0 Å². The highest BCUT2D eigenvalue weighted by molar-refractivity contribution is 6.29. The first-order valence-electron chi connectivity index (χ1n) is 8.29. The van der Waals surface area contributed by atoms with E-state index in [0.717, 1.165) is 12.2 Å². The molecule has 0 saturated carbocycles. The molecule has 3 heterocycles. The third kappa shape index (κ3) is 4.11. The second-order valence-electron chi connectivity index (χ2n) is 7.27. The minimum absolute atomic E-state index is 0.142. The van der Waals surface area contributed by atoms with Crippen LogP contribution in [0.25, 0.3) is 5.65 Å². The summed E-state index contributed by atoms with van der Waals surface area (Å²) in [6.07, 6.45) is 2.13. The summed E-state index contributed by atoms with van der Waals surface area (Å²) in [4.78, 5) is 19.2. The van der Waals surface area contributed by atoms with Gasteiger partial charge in [-0.05, 0) is 27.8 Å². The molecule has 0 amide bonds. The summed E-state index contributed by atoms with van der Waals surface area (Å²) in [6.45, 7) is 7.67. The molecule has 1 unspecified atom stereocenters. The molecule has 8 heteroatoms. The molecule has 1 atom stereocenters. The number of ether oxygens (including phenoxy) is 2. The summed E-state index contributed by atoms with van der Waals surface area (Å²) in [5, 5.41) is 4.63. The largest absolute Gasteiger partial charge is 0.456 e. The van der Waals surface area contributed by atoms with E-state index >= 15 is 0 Å². The number of carbonyl (C=O) groups is 1. The number of halogens is 1. The minimum atomic E-state index is -0.587. The number of rotatable bonds is 3. The molecule has 1 fully saturated rings. The number of hydrogen-bond acceptors (Lipinski definition) is 6. The first-order valence-corrected chi connectivity index (χ1v) is 8.67. The summed E-state index contributed by atoms with van der Waals surface area (Å²) in [5.74, 6) is -0.414. The fourth-order valence-electron chi connectivity index (χ4n) is 2.83. The van der Waals surface area contributed by atoms with Gasteiger partial charge in [-0.2, -0.15) is 5.10 Å². The lowest BCUT2D eigenvalue weighted by Gasteiger charge is -2.32. The number of carbonyl (C=O) groups excluding carboxylic acids is 1. The monoisotopic (exact) mass is 366 g/mol. The SMILES string of the molecule is CN1CCOCC1Cc1c(C(=O)OC(C)(C)C)cnc2cc(Cl)nn12. The zero-order valence-corrected chi connectivity index (χ0v) is 15.7. The fourth-order valence-corrected chi connectivity index (χ4v) is 3.00. The van der Waals surface area contributed by atoms with Gasteiger partial charge >= 0.3 is 5.97 Å². The topological polar surface area (TPSA) is 69.0 Å². The third-order valence-electron chi connectivity index (χ3n) is 4.12. The van der Waals surface area contributed by atoms with Crippen LogP contribution in [0, 0.1) is 0 Å².